The minimum absolute atomic E-state index is 0.144. The number of amides is 1. The second kappa shape index (κ2) is 6.39. The largest absolute Gasteiger partial charge is 0.444 e. The van der Waals surface area contributed by atoms with E-state index in [2.05, 4.69) is 5.32 Å². The van der Waals surface area contributed by atoms with Crippen molar-refractivity contribution in [2.24, 2.45) is 0 Å². The lowest BCUT2D eigenvalue weighted by Gasteiger charge is -2.38. The van der Waals surface area contributed by atoms with Crippen LogP contribution < -0.4 is 5.32 Å². The molecule has 0 unspecified atom stereocenters. The van der Waals surface area contributed by atoms with Crippen molar-refractivity contribution in [3.8, 4) is 0 Å². The molecular weight excluding hydrogens is 289 g/mol. The maximum Gasteiger partial charge on any atom is 0.410 e. The molecule has 0 aromatic heterocycles. The summed E-state index contributed by atoms with van der Waals surface area (Å²) >= 11 is 0. The van der Waals surface area contributed by atoms with E-state index < -0.39 is 30.0 Å². The number of ether oxygens (including phenoxy) is 1. The van der Waals surface area contributed by atoms with E-state index in [0.717, 1.165) is 0 Å². The summed E-state index contributed by atoms with van der Waals surface area (Å²) in [6.45, 7) is 4.52. The van der Waals surface area contributed by atoms with Crippen molar-refractivity contribution in [2.45, 2.75) is 51.0 Å². The molecule has 0 aromatic rings. The normalized spacial score (nSPS) is 19.5. The van der Waals surface area contributed by atoms with E-state index in [1.54, 1.807) is 20.8 Å². The third-order valence-electron chi connectivity index (χ3n) is 3.13. The standard InChI is InChI=1S/C13H23F3N2O3/c1-11(2,3)21-10(19)18-6-4-12(20,5-7-18)8-17-9-13(14,15)16/h17,20H,4-9H2,1-3H3. The van der Waals surface area contributed by atoms with Crippen molar-refractivity contribution in [2.75, 3.05) is 26.2 Å². The zero-order valence-corrected chi connectivity index (χ0v) is 12.6. The Balaban J connectivity index is 2.38. The quantitative estimate of drug-likeness (QED) is 0.835. The van der Waals surface area contributed by atoms with Gasteiger partial charge in [0, 0.05) is 19.6 Å². The summed E-state index contributed by atoms with van der Waals surface area (Å²) in [7, 11) is 0. The van der Waals surface area contributed by atoms with Crippen molar-refractivity contribution >= 4 is 6.09 Å². The molecule has 5 nitrogen and oxygen atoms in total. The summed E-state index contributed by atoms with van der Waals surface area (Å²) in [4.78, 5) is 13.3. The minimum Gasteiger partial charge on any atom is -0.444 e. The van der Waals surface area contributed by atoms with Crippen LogP contribution in [-0.4, -0.2) is 59.7 Å². The first kappa shape index (κ1) is 18.0. The number of halogens is 3. The molecule has 1 saturated heterocycles. The van der Waals surface area contributed by atoms with E-state index in [1.807, 2.05) is 0 Å². The molecule has 0 bridgehead atoms. The molecule has 0 radical (unpaired) electrons. The number of rotatable bonds is 3. The van der Waals surface area contributed by atoms with Crippen LogP contribution in [0.1, 0.15) is 33.6 Å². The summed E-state index contributed by atoms with van der Waals surface area (Å²) in [6.07, 6.45) is -4.32. The molecular formula is C13H23F3N2O3. The fourth-order valence-electron chi connectivity index (χ4n) is 2.05. The molecule has 124 valence electrons. The topological polar surface area (TPSA) is 61.8 Å². The Kier molecular flexibility index (Phi) is 5.49. The Morgan fingerprint density at radius 2 is 1.81 bits per heavy atom. The molecule has 21 heavy (non-hydrogen) atoms. The molecule has 0 atom stereocenters. The lowest BCUT2D eigenvalue weighted by atomic mass is 9.91. The van der Waals surface area contributed by atoms with Gasteiger partial charge in [-0.2, -0.15) is 13.2 Å². The lowest BCUT2D eigenvalue weighted by molar-refractivity contribution is -0.127. The molecule has 1 aliphatic heterocycles. The Labute approximate surface area is 122 Å². The molecule has 1 rings (SSSR count). The van der Waals surface area contributed by atoms with Gasteiger partial charge >= 0.3 is 12.3 Å². The number of likely N-dealkylation sites (tertiary alicyclic amines) is 1. The van der Waals surface area contributed by atoms with E-state index in [4.69, 9.17) is 4.74 Å². The van der Waals surface area contributed by atoms with Crippen molar-refractivity contribution in [1.82, 2.24) is 10.2 Å². The maximum atomic E-state index is 12.0. The molecule has 1 aliphatic rings. The fraction of sp³-hybridized carbons (Fsp3) is 0.923. The highest BCUT2D eigenvalue weighted by molar-refractivity contribution is 5.68. The van der Waals surface area contributed by atoms with E-state index in [-0.39, 0.29) is 32.5 Å². The zero-order chi connectivity index (χ0) is 16.3. The zero-order valence-electron chi connectivity index (χ0n) is 12.6. The van der Waals surface area contributed by atoms with Crippen LogP contribution in [-0.2, 0) is 4.74 Å². The van der Waals surface area contributed by atoms with Gasteiger partial charge in [-0.25, -0.2) is 4.79 Å². The van der Waals surface area contributed by atoms with Gasteiger partial charge in [0.2, 0.25) is 0 Å². The molecule has 8 heteroatoms. The Hall–Kier alpha value is -1.02. The van der Waals surface area contributed by atoms with Crippen LogP contribution in [0.4, 0.5) is 18.0 Å². The molecule has 0 aromatic carbocycles. The predicted molar refractivity (Wildman–Crippen MR) is 70.9 cm³/mol. The van der Waals surface area contributed by atoms with Gasteiger partial charge in [0.15, 0.2) is 0 Å². The first-order valence-corrected chi connectivity index (χ1v) is 6.88. The number of alkyl halides is 3. The van der Waals surface area contributed by atoms with Crippen LogP contribution in [0.15, 0.2) is 0 Å². The van der Waals surface area contributed by atoms with Crippen LogP contribution in [0.2, 0.25) is 0 Å². The smallest absolute Gasteiger partial charge is 0.410 e. The molecule has 1 amide bonds. The second-order valence-corrected chi connectivity index (χ2v) is 6.41. The van der Waals surface area contributed by atoms with E-state index >= 15 is 0 Å². The van der Waals surface area contributed by atoms with Gasteiger partial charge in [-0.3, -0.25) is 0 Å². The van der Waals surface area contributed by atoms with E-state index in [9.17, 15) is 23.1 Å². The average Bonchev–Trinajstić information content (AvgIpc) is 2.25. The maximum absolute atomic E-state index is 12.0. The Morgan fingerprint density at radius 1 is 1.29 bits per heavy atom. The Bertz CT molecular complexity index is 359. The van der Waals surface area contributed by atoms with Gasteiger partial charge in [-0.1, -0.05) is 0 Å². The molecule has 0 aliphatic carbocycles. The lowest BCUT2D eigenvalue weighted by Crippen LogP contribution is -2.52. The summed E-state index contributed by atoms with van der Waals surface area (Å²) in [6, 6.07) is 0. The monoisotopic (exact) mass is 312 g/mol. The highest BCUT2D eigenvalue weighted by Gasteiger charge is 2.36. The molecule has 1 heterocycles. The highest BCUT2D eigenvalue weighted by Crippen LogP contribution is 2.23. The first-order chi connectivity index (χ1) is 9.40. The summed E-state index contributed by atoms with van der Waals surface area (Å²) in [5, 5.41) is 12.4. The van der Waals surface area contributed by atoms with Gasteiger partial charge in [-0.15, -0.1) is 0 Å². The van der Waals surface area contributed by atoms with Crippen molar-refractivity contribution in [1.29, 1.82) is 0 Å². The third kappa shape index (κ3) is 6.99. The molecule has 2 N–H and O–H groups in total. The summed E-state index contributed by atoms with van der Waals surface area (Å²) in [5.41, 5.74) is -1.82. The summed E-state index contributed by atoms with van der Waals surface area (Å²) in [5.74, 6) is 0. The number of carbonyl (C=O) groups excluding carboxylic acids is 1. The van der Waals surface area contributed by atoms with Gasteiger partial charge in [0.25, 0.3) is 0 Å². The number of nitrogens with zero attached hydrogens (tertiary/aromatic N) is 1. The van der Waals surface area contributed by atoms with Gasteiger partial charge in [0.05, 0.1) is 12.1 Å². The van der Waals surface area contributed by atoms with Crippen molar-refractivity contribution < 1.29 is 27.8 Å². The Morgan fingerprint density at radius 3 is 2.24 bits per heavy atom. The van der Waals surface area contributed by atoms with Gasteiger partial charge in [-0.05, 0) is 33.6 Å². The minimum atomic E-state index is -4.30. The predicted octanol–water partition coefficient (Wildman–Crippen LogP) is 1.90. The third-order valence-corrected chi connectivity index (χ3v) is 3.13. The number of carbonyl (C=O) groups is 1. The molecule has 0 saturated carbocycles. The van der Waals surface area contributed by atoms with Crippen LogP contribution >= 0.6 is 0 Å². The molecule has 1 fully saturated rings. The number of nitrogens with one attached hydrogen (secondary N) is 1. The number of aliphatic hydroxyl groups is 1. The average molecular weight is 312 g/mol. The number of hydrogen-bond donors (Lipinski definition) is 2. The number of hydrogen-bond acceptors (Lipinski definition) is 4. The van der Waals surface area contributed by atoms with E-state index in [0.29, 0.717) is 0 Å². The fourth-order valence-corrected chi connectivity index (χ4v) is 2.05. The van der Waals surface area contributed by atoms with Crippen molar-refractivity contribution in [3.63, 3.8) is 0 Å². The van der Waals surface area contributed by atoms with Crippen molar-refractivity contribution in [3.05, 3.63) is 0 Å². The van der Waals surface area contributed by atoms with Crippen LogP contribution in [0.25, 0.3) is 0 Å². The first-order valence-electron chi connectivity index (χ1n) is 6.88. The second-order valence-electron chi connectivity index (χ2n) is 6.41. The van der Waals surface area contributed by atoms with Gasteiger partial charge in [0.1, 0.15) is 5.60 Å². The summed E-state index contributed by atoms with van der Waals surface area (Å²) < 4.78 is 41.4. The van der Waals surface area contributed by atoms with E-state index in [1.165, 1.54) is 4.90 Å². The van der Waals surface area contributed by atoms with Crippen LogP contribution in [0.5, 0.6) is 0 Å². The SMILES string of the molecule is CC(C)(C)OC(=O)N1CCC(O)(CNCC(F)(F)F)CC1. The highest BCUT2D eigenvalue weighted by atomic mass is 19.4. The number of piperidine rings is 1. The van der Waals surface area contributed by atoms with Crippen LogP contribution in [0, 0.1) is 0 Å². The molecule has 0 spiro atoms. The van der Waals surface area contributed by atoms with Gasteiger partial charge < -0.3 is 20.1 Å². The van der Waals surface area contributed by atoms with Crippen LogP contribution in [0.3, 0.4) is 0 Å².